The Balaban J connectivity index is 1.50. The van der Waals surface area contributed by atoms with Gasteiger partial charge in [0.15, 0.2) is 5.82 Å². The molecule has 3 aliphatic rings. The maximum atomic E-state index is 5.78. The van der Waals surface area contributed by atoms with Gasteiger partial charge in [-0.15, -0.1) is 5.10 Å². The van der Waals surface area contributed by atoms with Crippen LogP contribution in [-0.4, -0.2) is 40.5 Å². The normalized spacial score (nSPS) is 21.7. The minimum atomic E-state index is 0.128. The van der Waals surface area contributed by atoms with Gasteiger partial charge in [-0.05, 0) is 50.5 Å². The maximum absolute atomic E-state index is 5.78. The molecule has 3 aromatic rings. The monoisotopic (exact) mass is 389 g/mol. The van der Waals surface area contributed by atoms with E-state index >= 15 is 0 Å². The van der Waals surface area contributed by atoms with Crippen molar-refractivity contribution in [3.05, 3.63) is 52.8 Å². The summed E-state index contributed by atoms with van der Waals surface area (Å²) in [6.07, 6.45) is 3.81. The molecule has 0 spiro atoms. The van der Waals surface area contributed by atoms with Gasteiger partial charge in [-0.25, -0.2) is 4.98 Å². The molecule has 0 amide bonds. The number of nitrogens with zero attached hydrogens (tertiary/aromatic N) is 4. The van der Waals surface area contributed by atoms with Gasteiger partial charge in [-0.1, -0.05) is 18.2 Å². The summed E-state index contributed by atoms with van der Waals surface area (Å²) in [7, 11) is 0. The lowest BCUT2D eigenvalue weighted by atomic mass is 9.98. The molecule has 6 rings (SSSR count). The van der Waals surface area contributed by atoms with Crippen LogP contribution in [0.25, 0.3) is 10.8 Å². The van der Waals surface area contributed by atoms with E-state index in [0.717, 1.165) is 41.2 Å². The van der Waals surface area contributed by atoms with E-state index in [1.54, 1.807) is 0 Å². The lowest BCUT2D eigenvalue weighted by Gasteiger charge is -2.47. The number of aryl methyl sites for hydroxylation is 2. The Morgan fingerprint density at radius 2 is 1.86 bits per heavy atom. The molecule has 2 bridgehead atoms. The first-order valence-electron chi connectivity index (χ1n) is 10.4. The van der Waals surface area contributed by atoms with Crippen molar-refractivity contribution in [3.8, 4) is 0 Å². The molecule has 150 valence electrons. The Morgan fingerprint density at radius 3 is 2.62 bits per heavy atom. The average molecular weight is 390 g/mol. The predicted molar refractivity (Wildman–Crippen MR) is 116 cm³/mol. The zero-order valence-electron chi connectivity index (χ0n) is 17.4. The highest BCUT2D eigenvalue weighted by Gasteiger charge is 2.38. The molecule has 0 saturated carbocycles. The van der Waals surface area contributed by atoms with E-state index < -0.39 is 0 Å². The molecule has 3 fully saturated rings. The second-order valence-corrected chi connectivity index (χ2v) is 8.40. The first kappa shape index (κ1) is 18.3. The van der Waals surface area contributed by atoms with Crippen LogP contribution in [0.15, 0.2) is 30.5 Å². The predicted octanol–water partition coefficient (Wildman–Crippen LogP) is 4.10. The van der Waals surface area contributed by atoms with E-state index in [9.17, 15) is 0 Å². The number of ether oxygens (including phenoxy) is 1. The first-order chi connectivity index (χ1) is 14.0. The van der Waals surface area contributed by atoms with Crippen LogP contribution in [-0.2, 0) is 4.74 Å². The van der Waals surface area contributed by atoms with Crippen LogP contribution < -0.4 is 10.2 Å². The van der Waals surface area contributed by atoms with Gasteiger partial charge in [0.05, 0.1) is 23.9 Å². The summed E-state index contributed by atoms with van der Waals surface area (Å²) in [6, 6.07) is 8.72. The van der Waals surface area contributed by atoms with Gasteiger partial charge in [0.1, 0.15) is 5.82 Å². The molecule has 6 heteroatoms. The number of nitrogens with one attached hydrogen (secondary N) is 1. The quantitative estimate of drug-likeness (QED) is 0.725. The van der Waals surface area contributed by atoms with Crippen molar-refractivity contribution >= 4 is 22.4 Å². The zero-order valence-corrected chi connectivity index (χ0v) is 17.4. The highest BCUT2D eigenvalue weighted by Crippen LogP contribution is 2.33. The Bertz CT molecular complexity index is 1070. The van der Waals surface area contributed by atoms with E-state index in [1.165, 1.54) is 23.1 Å². The fraction of sp³-hybridized carbons (Fsp3) is 0.435. The van der Waals surface area contributed by atoms with Gasteiger partial charge < -0.3 is 15.0 Å². The Kier molecular flexibility index (Phi) is 4.39. The molecule has 1 N–H and O–H groups in total. The molecule has 0 radical (unpaired) electrons. The Morgan fingerprint density at radius 1 is 1.10 bits per heavy atom. The van der Waals surface area contributed by atoms with Crippen molar-refractivity contribution in [2.45, 2.75) is 52.4 Å². The molecule has 0 aliphatic carbocycles. The van der Waals surface area contributed by atoms with E-state index in [4.69, 9.17) is 9.72 Å². The van der Waals surface area contributed by atoms with Crippen molar-refractivity contribution in [2.75, 3.05) is 23.3 Å². The number of benzene rings is 1. The minimum absolute atomic E-state index is 0.128. The van der Waals surface area contributed by atoms with Crippen molar-refractivity contribution < 1.29 is 4.74 Å². The number of pyridine rings is 1. The average Bonchev–Trinajstić information content (AvgIpc) is 2.71. The molecule has 3 atom stereocenters. The number of aromatic nitrogens is 3. The minimum Gasteiger partial charge on any atom is -0.371 e. The maximum Gasteiger partial charge on any atom is 0.157 e. The summed E-state index contributed by atoms with van der Waals surface area (Å²) < 4.78 is 5.78. The van der Waals surface area contributed by atoms with Gasteiger partial charge in [0.2, 0.25) is 0 Å². The van der Waals surface area contributed by atoms with Crippen LogP contribution in [0.5, 0.6) is 0 Å². The molecule has 3 saturated heterocycles. The van der Waals surface area contributed by atoms with E-state index in [-0.39, 0.29) is 6.04 Å². The molecule has 29 heavy (non-hydrogen) atoms. The number of hydrogen-bond acceptors (Lipinski definition) is 6. The molecule has 1 aromatic carbocycles. The van der Waals surface area contributed by atoms with Crippen LogP contribution in [0.2, 0.25) is 0 Å². The highest BCUT2D eigenvalue weighted by molar-refractivity contribution is 5.94. The summed E-state index contributed by atoms with van der Waals surface area (Å²) in [4.78, 5) is 7.05. The van der Waals surface area contributed by atoms with Gasteiger partial charge >= 0.3 is 0 Å². The van der Waals surface area contributed by atoms with E-state index in [2.05, 4.69) is 65.5 Å². The van der Waals surface area contributed by atoms with E-state index in [0.29, 0.717) is 12.2 Å². The number of hydrogen-bond donors (Lipinski definition) is 1. The molecular formula is C23H27N5O. The van der Waals surface area contributed by atoms with Gasteiger partial charge in [0.25, 0.3) is 0 Å². The molecule has 3 aliphatic heterocycles. The number of piperidine rings is 1. The smallest absolute Gasteiger partial charge is 0.157 e. The fourth-order valence-electron chi connectivity index (χ4n) is 4.51. The van der Waals surface area contributed by atoms with E-state index in [1.807, 2.05) is 13.1 Å². The molecular weight excluding hydrogens is 362 g/mol. The zero-order chi connectivity index (χ0) is 20.1. The second-order valence-electron chi connectivity index (χ2n) is 8.40. The molecule has 5 heterocycles. The summed E-state index contributed by atoms with van der Waals surface area (Å²) >= 11 is 0. The third-order valence-electron chi connectivity index (χ3n) is 6.38. The molecule has 2 aromatic heterocycles. The summed E-state index contributed by atoms with van der Waals surface area (Å²) in [5, 5.41) is 14.6. The summed E-state index contributed by atoms with van der Waals surface area (Å²) in [5.41, 5.74) is 4.79. The third-order valence-corrected chi connectivity index (χ3v) is 6.38. The Hall–Kier alpha value is -2.73. The standard InChI is InChI=1S/C23H27N5O/c1-13-6-5-7-19(14(13)2)15(3)25-23-20-9-22(24-10-21(20)16(4)26-27-23)28-11-17-8-18(12-28)29-17/h5-7,9-10,15,17-18H,8,11-12H2,1-4H3,(H,25,27)/t15-,17?,18?/m1/s1. The number of fused-ring (bicyclic) bond motifs is 3. The van der Waals surface area contributed by atoms with Crippen molar-refractivity contribution in [1.29, 1.82) is 0 Å². The third kappa shape index (κ3) is 3.21. The summed E-state index contributed by atoms with van der Waals surface area (Å²) in [5.74, 6) is 1.80. The molecule has 6 nitrogen and oxygen atoms in total. The van der Waals surface area contributed by atoms with Crippen LogP contribution in [0.3, 0.4) is 0 Å². The lowest BCUT2D eigenvalue weighted by Crippen LogP contribution is -2.57. The highest BCUT2D eigenvalue weighted by atomic mass is 16.5. The van der Waals surface area contributed by atoms with Crippen LogP contribution in [0, 0.1) is 20.8 Å². The lowest BCUT2D eigenvalue weighted by molar-refractivity contribution is -0.133. The largest absolute Gasteiger partial charge is 0.371 e. The second kappa shape index (κ2) is 6.95. The van der Waals surface area contributed by atoms with Gasteiger partial charge in [-0.2, -0.15) is 5.10 Å². The SMILES string of the molecule is Cc1cccc([C@@H](C)Nc2nnc(C)c3cnc(N4CC5CC(C4)O5)cc23)c1C. The number of rotatable bonds is 4. The van der Waals surface area contributed by atoms with Crippen molar-refractivity contribution in [2.24, 2.45) is 0 Å². The number of morpholine rings is 1. The van der Waals surface area contributed by atoms with Crippen molar-refractivity contribution in [1.82, 2.24) is 15.2 Å². The molecule has 2 unspecified atom stereocenters. The Labute approximate surface area is 171 Å². The van der Waals surface area contributed by atoms with Crippen LogP contribution in [0.4, 0.5) is 11.6 Å². The summed E-state index contributed by atoms with van der Waals surface area (Å²) in [6.45, 7) is 10.3. The number of anilines is 2. The van der Waals surface area contributed by atoms with Crippen LogP contribution >= 0.6 is 0 Å². The fourth-order valence-corrected chi connectivity index (χ4v) is 4.51. The first-order valence-corrected chi connectivity index (χ1v) is 10.4. The van der Waals surface area contributed by atoms with Crippen LogP contribution in [0.1, 0.15) is 41.8 Å². The topological polar surface area (TPSA) is 63.2 Å². The van der Waals surface area contributed by atoms with Gasteiger partial charge in [0, 0.05) is 36.5 Å². The van der Waals surface area contributed by atoms with Gasteiger partial charge in [-0.3, -0.25) is 0 Å². The van der Waals surface area contributed by atoms with Crippen molar-refractivity contribution in [3.63, 3.8) is 0 Å².